The summed E-state index contributed by atoms with van der Waals surface area (Å²) in [7, 11) is 0. The summed E-state index contributed by atoms with van der Waals surface area (Å²) >= 11 is 5.69. The quantitative estimate of drug-likeness (QED) is 0.0144. The Labute approximate surface area is 495 Å². The van der Waals surface area contributed by atoms with Gasteiger partial charge >= 0.3 is 35.8 Å². The Morgan fingerprint density at radius 1 is 0.694 bits per heavy atom. The number of benzene rings is 1. The monoisotopic (exact) mass is 1220 g/mol. The number of hydrogen-bond acceptors (Lipinski definition) is 18. The average Bonchev–Trinajstić information content (AvgIpc) is 1.77. The Hall–Kier alpha value is -7.85. The molecule has 0 bridgehead atoms. The van der Waals surface area contributed by atoms with Crippen molar-refractivity contribution in [2.45, 2.75) is 101 Å². The van der Waals surface area contributed by atoms with E-state index in [9.17, 15) is 88.5 Å². The van der Waals surface area contributed by atoms with Gasteiger partial charge in [-0.05, 0) is 86.7 Å². The number of hydrogen-bond donors (Lipinski definition) is 15. The minimum atomic E-state index is -1.76. The summed E-state index contributed by atoms with van der Waals surface area (Å²) in [6, 6.07) is 0.156. The molecule has 0 spiro atoms. The van der Waals surface area contributed by atoms with E-state index in [2.05, 4.69) is 36.9 Å². The van der Waals surface area contributed by atoms with Crippen LogP contribution in [0.2, 0.25) is 0 Å². The van der Waals surface area contributed by atoms with Crippen LogP contribution in [0.4, 0.5) is 5.69 Å². The predicted octanol–water partition coefficient (Wildman–Crippen LogP) is -4.58. The molecule has 0 aromatic heterocycles. The van der Waals surface area contributed by atoms with Gasteiger partial charge in [0.05, 0.1) is 39.2 Å². The van der Waals surface area contributed by atoms with Crippen LogP contribution in [0.15, 0.2) is 29.3 Å². The van der Waals surface area contributed by atoms with Crippen molar-refractivity contribution in [1.29, 1.82) is 0 Å². The van der Waals surface area contributed by atoms with E-state index in [1.165, 1.54) is 0 Å². The summed E-state index contributed by atoms with van der Waals surface area (Å²) in [6.07, 6.45) is 0.412. The van der Waals surface area contributed by atoms with E-state index in [4.69, 9.17) is 23.7 Å². The highest BCUT2D eigenvalue weighted by molar-refractivity contribution is 7.80. The molecule has 33 heteroatoms. The smallest absolute Gasteiger partial charge is 0.326 e. The summed E-state index contributed by atoms with van der Waals surface area (Å²) in [5.41, 5.74) is 10.1. The number of thiocarbonyl (C=S) groups is 1. The highest BCUT2D eigenvalue weighted by atomic mass is 32.1. The van der Waals surface area contributed by atoms with Crippen molar-refractivity contribution in [3.63, 3.8) is 0 Å². The van der Waals surface area contributed by atoms with Gasteiger partial charge in [-0.3, -0.25) is 72.5 Å². The van der Waals surface area contributed by atoms with Crippen LogP contribution in [0.25, 0.3) is 0 Å². The van der Waals surface area contributed by atoms with Crippen molar-refractivity contribution in [3.05, 3.63) is 29.8 Å². The Bertz CT molecular complexity index is 2560. The van der Waals surface area contributed by atoms with E-state index in [-0.39, 0.29) is 121 Å². The molecule has 0 radical (unpaired) electrons. The fourth-order valence-corrected chi connectivity index (χ4v) is 10.5. The molecule has 2 heterocycles. The number of nitrogens with one attached hydrogen (secondary N) is 6. The van der Waals surface area contributed by atoms with E-state index in [1.54, 1.807) is 62.6 Å². The third-order valence-electron chi connectivity index (χ3n) is 14.8. The molecule has 2 aliphatic heterocycles. The minimum Gasteiger partial charge on any atom is -0.481 e. The summed E-state index contributed by atoms with van der Waals surface area (Å²) in [6.45, 7) is 2.41. The molecule has 4 rings (SSSR count). The SMILES string of the molecule is CC(C)[C@@H]1CC1(NC(=O)[C@H](CC(=O)O)NC(=O)CNC(=O)[C@@H]1CCCN1C(=S)Nc1ccc(CCC(C(=O)O)N2CCN(CC(=O)O)CCN(CC(=O)O)CCN(CC(=O)O)CC2)cc1)C(=O)N[C@@H](CO)C(=O)N[C@@H](CCCN=C(N)N)C(=O)O. The number of aliphatic hydroxyl groups is 1. The lowest BCUT2D eigenvalue weighted by atomic mass is 10.0. The maximum atomic E-state index is 13.8. The number of likely N-dealkylation sites (tertiary alicyclic amines) is 1. The Balaban J connectivity index is 1.35. The van der Waals surface area contributed by atoms with Gasteiger partial charge in [0, 0.05) is 71.1 Å². The Kier molecular flexibility index (Phi) is 27.5. The zero-order valence-electron chi connectivity index (χ0n) is 47.5. The Morgan fingerprint density at radius 3 is 1.74 bits per heavy atom. The molecule has 85 heavy (non-hydrogen) atoms. The van der Waals surface area contributed by atoms with Crippen molar-refractivity contribution >= 4 is 94.3 Å². The van der Waals surface area contributed by atoms with Gasteiger partial charge in [0.15, 0.2) is 11.1 Å². The molecule has 32 nitrogen and oxygen atoms in total. The molecule has 472 valence electrons. The second-order valence-corrected chi connectivity index (χ2v) is 21.8. The zero-order chi connectivity index (χ0) is 63.1. The van der Waals surface area contributed by atoms with Crippen LogP contribution in [-0.4, -0.2) is 271 Å². The molecule has 2 saturated heterocycles. The van der Waals surface area contributed by atoms with Gasteiger partial charge in [0.1, 0.15) is 35.7 Å². The maximum Gasteiger partial charge on any atom is 0.326 e. The molecule has 2 unspecified atom stereocenters. The van der Waals surface area contributed by atoms with Crippen LogP contribution < -0.4 is 43.4 Å². The molecule has 7 atom stereocenters. The molecule has 1 aliphatic carbocycles. The van der Waals surface area contributed by atoms with Gasteiger partial charge in [-0.15, -0.1) is 0 Å². The maximum absolute atomic E-state index is 13.8. The molecule has 3 fully saturated rings. The van der Waals surface area contributed by atoms with Gasteiger partial charge in [-0.2, -0.15) is 0 Å². The van der Waals surface area contributed by atoms with Crippen LogP contribution in [0, 0.1) is 11.8 Å². The molecular weight excluding hydrogens is 1140 g/mol. The third-order valence-corrected chi connectivity index (χ3v) is 15.1. The van der Waals surface area contributed by atoms with Crippen molar-refractivity contribution < 1.29 is 88.5 Å². The Morgan fingerprint density at radius 2 is 1.26 bits per heavy atom. The van der Waals surface area contributed by atoms with Gasteiger partial charge in [-0.1, -0.05) is 26.0 Å². The number of carbonyl (C=O) groups is 11. The van der Waals surface area contributed by atoms with Gasteiger partial charge in [0.25, 0.3) is 0 Å². The number of carboxylic acid groups (broad SMARTS) is 6. The topological polar surface area (TPSA) is 482 Å². The number of aliphatic hydroxyl groups excluding tert-OH is 1. The summed E-state index contributed by atoms with van der Waals surface area (Å²) in [5.74, 6) is -13.0. The molecule has 5 amide bonds. The van der Waals surface area contributed by atoms with Crippen LogP contribution in [0.3, 0.4) is 0 Å². The fourth-order valence-electron chi connectivity index (χ4n) is 10.2. The first-order valence-corrected chi connectivity index (χ1v) is 28.1. The average molecular weight is 1220 g/mol. The summed E-state index contributed by atoms with van der Waals surface area (Å²) in [5, 5.41) is 83.8. The number of aliphatic carboxylic acids is 6. The number of aryl methyl sites for hydroxylation is 1. The number of aliphatic imine (C=N–C) groups is 1. The normalized spacial score (nSPS) is 20.4. The second-order valence-electron chi connectivity index (χ2n) is 21.4. The van der Waals surface area contributed by atoms with Crippen molar-refractivity contribution in [3.8, 4) is 0 Å². The minimum absolute atomic E-state index is 0.0189. The van der Waals surface area contributed by atoms with E-state index in [0.29, 0.717) is 31.5 Å². The number of anilines is 1. The number of nitrogens with two attached hydrogens (primary N) is 2. The lowest BCUT2D eigenvalue weighted by Crippen LogP contribution is -2.61. The lowest BCUT2D eigenvalue weighted by Gasteiger charge is -2.35. The van der Waals surface area contributed by atoms with E-state index >= 15 is 0 Å². The number of carboxylic acids is 6. The van der Waals surface area contributed by atoms with Gasteiger partial charge in [-0.25, -0.2) is 4.79 Å². The number of nitrogens with zero attached hydrogens (tertiary/aromatic N) is 6. The highest BCUT2D eigenvalue weighted by Gasteiger charge is 2.63. The standard InChI is InChI=1S/C52H80N14O18S/c1-30(2)33-24-52(33,49(84)60-36(29-67)44(77)59-34(47(80)81)5-3-13-55-50(53)54)61-45(78)35(23-40(69)70)58-39(68)25-56-46(79)37-6-4-14-66(37)51(85)57-32-10-7-31(8-11-32)9-12-38(48(82)83)65-21-19-63(27-42(73)74)17-15-62(26-41(71)72)16-18-64(20-22-65)28-43(75)76/h7-8,10-11,30,33-38,67H,3-6,9,12-29H2,1-2H3,(H,56,79)(H,57,85)(H,58,68)(H,59,77)(H,60,84)(H,61,78)(H,69,70)(H,71,72)(H,73,74)(H,75,76)(H,80,81)(H,82,83)(H4,53,54,55)/t33-,34-,35-,36-,37-,38?,52?/m0/s1. The number of amides is 5. The highest BCUT2D eigenvalue weighted by Crippen LogP contribution is 2.49. The van der Waals surface area contributed by atoms with Crippen LogP contribution >= 0.6 is 12.2 Å². The number of guanidine groups is 1. The zero-order valence-corrected chi connectivity index (χ0v) is 48.3. The molecular formula is C52H80N14O18S. The molecule has 17 N–H and O–H groups in total. The molecule has 1 aromatic carbocycles. The molecule has 3 aliphatic rings. The number of rotatable bonds is 31. The van der Waals surface area contributed by atoms with Gasteiger partial charge in [0.2, 0.25) is 29.5 Å². The van der Waals surface area contributed by atoms with E-state index in [1.807, 2.05) is 0 Å². The molecule has 1 aromatic rings. The van der Waals surface area contributed by atoms with Crippen molar-refractivity contribution in [1.82, 2.24) is 51.1 Å². The lowest BCUT2D eigenvalue weighted by molar-refractivity contribution is -0.145. The summed E-state index contributed by atoms with van der Waals surface area (Å²) < 4.78 is 0. The third kappa shape index (κ3) is 22.9. The van der Waals surface area contributed by atoms with Gasteiger partial charge < -0.3 is 84.0 Å². The second kappa shape index (κ2) is 33.6. The first-order chi connectivity index (χ1) is 40.1. The molecule has 1 saturated carbocycles. The van der Waals surface area contributed by atoms with Crippen molar-refractivity contribution in [2.75, 3.05) is 104 Å². The van der Waals surface area contributed by atoms with Crippen LogP contribution in [0.5, 0.6) is 0 Å². The van der Waals surface area contributed by atoms with E-state index < -0.39 is 127 Å². The van der Waals surface area contributed by atoms with Crippen LogP contribution in [-0.2, 0) is 59.2 Å². The van der Waals surface area contributed by atoms with Crippen molar-refractivity contribution in [2.24, 2.45) is 28.3 Å². The van der Waals surface area contributed by atoms with Crippen LogP contribution in [0.1, 0.15) is 64.4 Å². The van der Waals surface area contributed by atoms with E-state index in [0.717, 1.165) is 5.56 Å². The first kappa shape index (κ1) is 69.6. The first-order valence-electron chi connectivity index (χ1n) is 27.7. The predicted molar refractivity (Wildman–Crippen MR) is 305 cm³/mol. The summed E-state index contributed by atoms with van der Waals surface area (Å²) in [4.78, 5) is 151. The fraction of sp³-hybridized carbons (Fsp3) is 0.635. The number of carbonyl (C=O) groups excluding carboxylic acids is 5. The largest absolute Gasteiger partial charge is 0.481 e.